The van der Waals surface area contributed by atoms with Crippen LogP contribution >= 0.6 is 0 Å². The van der Waals surface area contributed by atoms with Crippen molar-refractivity contribution in [3.8, 4) is 22.6 Å². The molecule has 4 nitrogen and oxygen atoms in total. The molecule has 1 aromatic heterocycles. The minimum absolute atomic E-state index is 0.712. The summed E-state index contributed by atoms with van der Waals surface area (Å²) in [7, 11) is 3.33. The maximum Gasteiger partial charge on any atom is 0.120 e. The lowest BCUT2D eigenvalue weighted by Crippen LogP contribution is -1.95. The quantitative estimate of drug-likeness (QED) is 0.501. The van der Waals surface area contributed by atoms with Crippen molar-refractivity contribution in [3.63, 3.8) is 0 Å². The van der Waals surface area contributed by atoms with Crippen LogP contribution in [0.1, 0.15) is 11.1 Å². The molecule has 0 aliphatic heterocycles. The third kappa shape index (κ3) is 2.37. The number of hydrogen-bond acceptors (Lipinski definition) is 3. The number of H-pyrrole nitrogens is 1. The molecule has 0 spiro atoms. The van der Waals surface area contributed by atoms with Gasteiger partial charge in [0.1, 0.15) is 11.5 Å². The lowest BCUT2D eigenvalue weighted by atomic mass is 9.92. The number of nitrogen functional groups attached to an aromatic ring is 1. The van der Waals surface area contributed by atoms with Crippen LogP contribution in [0.5, 0.6) is 11.5 Å². The van der Waals surface area contributed by atoms with Gasteiger partial charge in [-0.3, -0.25) is 0 Å². The number of rotatable bonds is 3. The molecular weight excluding hydrogens is 324 g/mol. The number of methoxy groups -OCH3 is 2. The van der Waals surface area contributed by atoms with Gasteiger partial charge in [0.15, 0.2) is 0 Å². The van der Waals surface area contributed by atoms with Crippen molar-refractivity contribution in [1.29, 1.82) is 0 Å². The van der Waals surface area contributed by atoms with Gasteiger partial charge in [0, 0.05) is 39.7 Å². The molecule has 0 fully saturated rings. The zero-order valence-electron chi connectivity index (χ0n) is 15.4. The zero-order valence-corrected chi connectivity index (χ0v) is 15.4. The van der Waals surface area contributed by atoms with Crippen molar-refractivity contribution in [1.82, 2.24) is 4.98 Å². The van der Waals surface area contributed by atoms with E-state index in [1.165, 1.54) is 21.9 Å². The fourth-order valence-electron chi connectivity index (χ4n) is 3.67. The number of anilines is 1. The first-order chi connectivity index (χ1) is 12.5. The Hall–Kier alpha value is -3.14. The Bertz CT molecular complexity index is 1140. The summed E-state index contributed by atoms with van der Waals surface area (Å²) < 4.78 is 10.6. The Labute approximate surface area is 152 Å². The Kier molecular flexibility index (Phi) is 3.76. The van der Waals surface area contributed by atoms with E-state index in [0.717, 1.165) is 33.7 Å². The van der Waals surface area contributed by atoms with Crippen LogP contribution < -0.4 is 15.2 Å². The number of aromatic amines is 1. The van der Waals surface area contributed by atoms with E-state index >= 15 is 0 Å². The molecule has 0 saturated carbocycles. The summed E-state index contributed by atoms with van der Waals surface area (Å²) in [5.74, 6) is 1.61. The first-order valence-electron chi connectivity index (χ1n) is 8.57. The maximum absolute atomic E-state index is 6.30. The highest BCUT2D eigenvalue weighted by Crippen LogP contribution is 2.39. The van der Waals surface area contributed by atoms with Crippen LogP contribution in [0.4, 0.5) is 5.69 Å². The van der Waals surface area contributed by atoms with Crippen LogP contribution in [-0.4, -0.2) is 19.2 Å². The van der Waals surface area contributed by atoms with Crippen LogP contribution in [0.15, 0.2) is 42.5 Å². The van der Waals surface area contributed by atoms with Gasteiger partial charge in [0.25, 0.3) is 0 Å². The topological polar surface area (TPSA) is 60.3 Å². The summed E-state index contributed by atoms with van der Waals surface area (Å²) in [5.41, 5.74) is 13.8. The standard InChI is InChI=1S/C22H22N2O2/c1-12-13(2)22-17-8-6-15(26-4)10-20(17)24-21(22)11-18(12)16-7-5-14(25-3)9-19(16)23/h5-11,24H,23H2,1-4H3. The van der Waals surface area contributed by atoms with Gasteiger partial charge in [-0.2, -0.15) is 0 Å². The Morgan fingerprint density at radius 3 is 2.15 bits per heavy atom. The molecule has 3 aromatic carbocycles. The second kappa shape index (κ2) is 5.99. The molecule has 26 heavy (non-hydrogen) atoms. The normalized spacial score (nSPS) is 11.2. The van der Waals surface area contributed by atoms with E-state index in [9.17, 15) is 0 Å². The van der Waals surface area contributed by atoms with Crippen LogP contribution in [-0.2, 0) is 0 Å². The molecular formula is C22H22N2O2. The third-order valence-corrected chi connectivity index (χ3v) is 5.21. The molecule has 1 heterocycles. The van der Waals surface area contributed by atoms with Crippen LogP contribution in [0.2, 0.25) is 0 Å². The van der Waals surface area contributed by atoms with Gasteiger partial charge in [-0.15, -0.1) is 0 Å². The number of aromatic nitrogens is 1. The number of benzene rings is 3. The molecule has 4 heteroatoms. The van der Waals surface area contributed by atoms with E-state index in [2.05, 4.69) is 31.0 Å². The van der Waals surface area contributed by atoms with Crippen molar-refractivity contribution in [3.05, 3.63) is 53.6 Å². The average Bonchev–Trinajstić information content (AvgIpc) is 3.02. The van der Waals surface area contributed by atoms with Crippen molar-refractivity contribution in [2.24, 2.45) is 0 Å². The summed E-state index contributed by atoms with van der Waals surface area (Å²) in [6, 6.07) is 14.2. The second-order valence-electron chi connectivity index (χ2n) is 6.59. The summed E-state index contributed by atoms with van der Waals surface area (Å²) in [6.07, 6.45) is 0. The maximum atomic E-state index is 6.30. The number of nitrogens with one attached hydrogen (secondary N) is 1. The fourth-order valence-corrected chi connectivity index (χ4v) is 3.67. The van der Waals surface area contributed by atoms with E-state index in [-0.39, 0.29) is 0 Å². The SMILES string of the molecule is COc1ccc(-c2cc3[nH]c4cc(OC)ccc4c3c(C)c2C)c(N)c1. The van der Waals surface area contributed by atoms with E-state index in [1.807, 2.05) is 30.3 Å². The van der Waals surface area contributed by atoms with Crippen molar-refractivity contribution in [2.45, 2.75) is 13.8 Å². The minimum atomic E-state index is 0.712. The Morgan fingerprint density at radius 1 is 0.769 bits per heavy atom. The molecule has 132 valence electrons. The summed E-state index contributed by atoms with van der Waals surface area (Å²) >= 11 is 0. The number of ether oxygens (including phenoxy) is 2. The van der Waals surface area contributed by atoms with Gasteiger partial charge in [-0.1, -0.05) is 0 Å². The summed E-state index contributed by atoms with van der Waals surface area (Å²) in [6.45, 7) is 4.31. The van der Waals surface area contributed by atoms with E-state index < -0.39 is 0 Å². The minimum Gasteiger partial charge on any atom is -0.497 e. The highest BCUT2D eigenvalue weighted by atomic mass is 16.5. The molecule has 0 radical (unpaired) electrons. The molecule has 0 saturated heterocycles. The third-order valence-electron chi connectivity index (χ3n) is 5.21. The molecule has 0 amide bonds. The zero-order chi connectivity index (χ0) is 18.4. The summed E-state index contributed by atoms with van der Waals surface area (Å²) in [4.78, 5) is 3.53. The monoisotopic (exact) mass is 346 g/mol. The van der Waals surface area contributed by atoms with Gasteiger partial charge in [0.2, 0.25) is 0 Å². The first kappa shape index (κ1) is 16.3. The molecule has 0 bridgehead atoms. The molecule has 0 aliphatic rings. The highest BCUT2D eigenvalue weighted by molar-refractivity contribution is 6.11. The summed E-state index contributed by atoms with van der Waals surface area (Å²) in [5, 5.41) is 2.45. The molecule has 0 atom stereocenters. The first-order valence-corrected chi connectivity index (χ1v) is 8.57. The van der Waals surface area contributed by atoms with Crippen LogP contribution in [0, 0.1) is 13.8 Å². The number of fused-ring (bicyclic) bond motifs is 3. The molecule has 3 N–H and O–H groups in total. The number of aryl methyl sites for hydroxylation is 1. The average molecular weight is 346 g/mol. The van der Waals surface area contributed by atoms with Crippen molar-refractivity contribution >= 4 is 27.5 Å². The molecule has 4 rings (SSSR count). The lowest BCUT2D eigenvalue weighted by molar-refractivity contribution is 0.415. The van der Waals surface area contributed by atoms with Gasteiger partial charge in [-0.25, -0.2) is 0 Å². The van der Waals surface area contributed by atoms with E-state index in [0.29, 0.717) is 5.69 Å². The van der Waals surface area contributed by atoms with E-state index in [4.69, 9.17) is 15.2 Å². The van der Waals surface area contributed by atoms with Crippen LogP contribution in [0.25, 0.3) is 32.9 Å². The largest absolute Gasteiger partial charge is 0.497 e. The van der Waals surface area contributed by atoms with E-state index in [1.54, 1.807) is 14.2 Å². The van der Waals surface area contributed by atoms with Gasteiger partial charge < -0.3 is 20.2 Å². The lowest BCUT2D eigenvalue weighted by Gasteiger charge is -2.14. The van der Waals surface area contributed by atoms with Gasteiger partial charge >= 0.3 is 0 Å². The van der Waals surface area contributed by atoms with Crippen molar-refractivity contribution in [2.75, 3.05) is 20.0 Å². The van der Waals surface area contributed by atoms with Gasteiger partial charge in [-0.05, 0) is 60.9 Å². The Balaban J connectivity index is 2.00. The smallest absolute Gasteiger partial charge is 0.120 e. The number of nitrogens with two attached hydrogens (primary N) is 1. The fraction of sp³-hybridized carbons (Fsp3) is 0.182. The van der Waals surface area contributed by atoms with Crippen molar-refractivity contribution < 1.29 is 9.47 Å². The number of hydrogen-bond donors (Lipinski definition) is 2. The predicted octanol–water partition coefficient (Wildman–Crippen LogP) is 5.20. The highest BCUT2D eigenvalue weighted by Gasteiger charge is 2.15. The molecule has 4 aromatic rings. The Morgan fingerprint density at radius 2 is 1.46 bits per heavy atom. The van der Waals surface area contributed by atoms with Gasteiger partial charge in [0.05, 0.1) is 19.7 Å². The molecule has 0 unspecified atom stereocenters. The van der Waals surface area contributed by atoms with Crippen LogP contribution in [0.3, 0.4) is 0 Å². The molecule has 0 aliphatic carbocycles. The predicted molar refractivity (Wildman–Crippen MR) is 108 cm³/mol. The second-order valence-corrected chi connectivity index (χ2v) is 6.59.